The average Bonchev–Trinajstić information content (AvgIpc) is 2.77. The highest BCUT2D eigenvalue weighted by atomic mass is 31.0. The molecule has 2 fully saturated rings. The van der Waals surface area contributed by atoms with Crippen molar-refractivity contribution in [3.05, 3.63) is 63.8 Å². The van der Waals surface area contributed by atoms with Crippen LogP contribution in [-0.4, -0.2) is 50.6 Å². The van der Waals surface area contributed by atoms with Crippen LogP contribution in [0.5, 0.6) is 5.75 Å². The SMILES string of the molecule is Cn1c(=O)c(C(F)P)cc2ncc(CN3CC(Oc4ccc(C(=O)NC5CCC5)nc4)C3)cc21. The summed E-state index contributed by atoms with van der Waals surface area (Å²) in [5, 5.41) is 2.98. The zero-order valence-electron chi connectivity index (χ0n) is 18.9. The molecule has 0 spiro atoms. The minimum absolute atomic E-state index is 0.0420. The summed E-state index contributed by atoms with van der Waals surface area (Å²) in [6, 6.07) is 7.20. The molecule has 3 aromatic rings. The van der Waals surface area contributed by atoms with E-state index >= 15 is 0 Å². The van der Waals surface area contributed by atoms with Gasteiger partial charge in [0.25, 0.3) is 11.5 Å². The van der Waals surface area contributed by atoms with Crippen molar-refractivity contribution >= 4 is 26.2 Å². The minimum Gasteiger partial charge on any atom is -0.486 e. The first-order chi connectivity index (χ1) is 16.4. The van der Waals surface area contributed by atoms with Crippen molar-refractivity contribution in [1.82, 2.24) is 24.8 Å². The predicted molar refractivity (Wildman–Crippen MR) is 130 cm³/mol. The lowest BCUT2D eigenvalue weighted by molar-refractivity contribution is 0.0143. The monoisotopic (exact) mass is 483 g/mol. The number of rotatable bonds is 7. The maximum atomic E-state index is 13.7. The Bertz CT molecular complexity index is 1270. The number of alkyl halides is 1. The summed E-state index contributed by atoms with van der Waals surface area (Å²) in [5.74, 6) is -0.913. The van der Waals surface area contributed by atoms with Crippen molar-refractivity contribution in [3.8, 4) is 5.75 Å². The summed E-state index contributed by atoms with van der Waals surface area (Å²) < 4.78 is 21.1. The number of nitrogens with one attached hydrogen (secondary N) is 1. The number of aryl methyl sites for hydroxylation is 1. The van der Waals surface area contributed by atoms with Gasteiger partial charge in [-0.3, -0.25) is 19.5 Å². The van der Waals surface area contributed by atoms with E-state index in [9.17, 15) is 14.0 Å². The molecule has 2 unspecified atom stereocenters. The smallest absolute Gasteiger partial charge is 0.270 e. The number of carbonyl (C=O) groups excluding carboxylic acids is 1. The van der Waals surface area contributed by atoms with Crippen LogP contribution in [0.2, 0.25) is 0 Å². The zero-order chi connectivity index (χ0) is 23.8. The normalized spacial score (nSPS) is 17.7. The van der Waals surface area contributed by atoms with Gasteiger partial charge in [0, 0.05) is 38.9 Å². The number of aromatic nitrogens is 3. The van der Waals surface area contributed by atoms with Crippen molar-refractivity contribution in [2.24, 2.45) is 7.05 Å². The fourth-order valence-electron chi connectivity index (χ4n) is 4.25. The molecule has 1 saturated carbocycles. The third kappa shape index (κ3) is 4.68. The Morgan fingerprint density at radius 3 is 2.71 bits per heavy atom. The van der Waals surface area contributed by atoms with E-state index in [0.29, 0.717) is 29.0 Å². The standard InChI is InChI=1S/C24H27FN5O3P/c1-29-21-7-14(9-26-20(21)8-18(22(25)34)24(29)32)11-30-12-17(13-30)33-16-5-6-19(27-10-16)23(31)28-15-3-2-4-15/h5-10,15,17,22H,2-4,11-13,34H2,1H3,(H,28,31). The lowest BCUT2D eigenvalue weighted by Gasteiger charge is -2.38. The van der Waals surface area contributed by atoms with Gasteiger partial charge in [0.15, 0.2) is 0 Å². The number of hydrogen-bond acceptors (Lipinski definition) is 6. The van der Waals surface area contributed by atoms with Crippen LogP contribution < -0.4 is 15.6 Å². The third-order valence-electron chi connectivity index (χ3n) is 6.50. The molecule has 4 heterocycles. The van der Waals surface area contributed by atoms with E-state index in [4.69, 9.17) is 4.74 Å². The van der Waals surface area contributed by atoms with Crippen LogP contribution in [0, 0.1) is 0 Å². The van der Waals surface area contributed by atoms with Crippen LogP contribution in [0.15, 0.2) is 41.5 Å². The molecule has 1 N–H and O–H groups in total. The second-order valence-electron chi connectivity index (χ2n) is 9.03. The molecule has 2 aliphatic rings. The highest BCUT2D eigenvalue weighted by Crippen LogP contribution is 2.25. The number of halogens is 1. The van der Waals surface area contributed by atoms with E-state index < -0.39 is 5.91 Å². The number of amides is 1. The van der Waals surface area contributed by atoms with Gasteiger partial charge in [-0.15, -0.1) is 0 Å². The van der Waals surface area contributed by atoms with E-state index in [1.165, 1.54) is 17.1 Å². The molecule has 1 aliphatic heterocycles. The van der Waals surface area contributed by atoms with Gasteiger partial charge in [0.1, 0.15) is 23.5 Å². The first-order valence-electron chi connectivity index (χ1n) is 11.4. The fourth-order valence-corrected chi connectivity index (χ4v) is 4.49. The molecule has 0 aromatic carbocycles. The number of nitrogens with zero attached hydrogens (tertiary/aromatic N) is 4. The number of likely N-dealkylation sites (tertiary alicyclic amines) is 1. The Labute approximate surface area is 198 Å². The van der Waals surface area contributed by atoms with Gasteiger partial charge in [0.2, 0.25) is 0 Å². The molecular weight excluding hydrogens is 456 g/mol. The number of ether oxygens (including phenoxy) is 1. The summed E-state index contributed by atoms with van der Waals surface area (Å²) in [4.78, 5) is 35.5. The van der Waals surface area contributed by atoms with Gasteiger partial charge in [-0.1, -0.05) is 9.24 Å². The summed E-state index contributed by atoms with van der Waals surface area (Å²) in [5.41, 5.74) is 2.38. The van der Waals surface area contributed by atoms with Gasteiger partial charge < -0.3 is 14.6 Å². The summed E-state index contributed by atoms with van der Waals surface area (Å²) in [6.45, 7) is 2.17. The Morgan fingerprint density at radius 1 is 1.26 bits per heavy atom. The maximum absolute atomic E-state index is 13.7. The number of hydrogen-bond donors (Lipinski definition) is 1. The second-order valence-corrected chi connectivity index (χ2v) is 9.61. The third-order valence-corrected chi connectivity index (χ3v) is 6.86. The van der Waals surface area contributed by atoms with Gasteiger partial charge in [-0.2, -0.15) is 0 Å². The molecule has 178 valence electrons. The fraction of sp³-hybridized carbons (Fsp3) is 0.417. The second kappa shape index (κ2) is 9.39. The van der Waals surface area contributed by atoms with Gasteiger partial charge in [-0.05, 0) is 49.1 Å². The number of fused-ring (bicyclic) bond motifs is 1. The van der Waals surface area contributed by atoms with Gasteiger partial charge >= 0.3 is 0 Å². The average molecular weight is 483 g/mol. The van der Waals surface area contributed by atoms with E-state index in [2.05, 4.69) is 20.2 Å². The molecule has 0 bridgehead atoms. The lowest BCUT2D eigenvalue weighted by atomic mass is 9.93. The quantitative estimate of drug-likeness (QED) is 0.520. The van der Waals surface area contributed by atoms with E-state index in [0.717, 1.165) is 31.5 Å². The predicted octanol–water partition coefficient (Wildman–Crippen LogP) is 2.72. The van der Waals surface area contributed by atoms with E-state index in [1.807, 2.05) is 15.3 Å². The minimum atomic E-state index is -1.42. The molecule has 10 heteroatoms. The summed E-state index contributed by atoms with van der Waals surface area (Å²) in [6.07, 6.45) is 6.64. The van der Waals surface area contributed by atoms with Crippen LogP contribution in [0.25, 0.3) is 11.0 Å². The molecule has 8 nitrogen and oxygen atoms in total. The van der Waals surface area contributed by atoms with Crippen LogP contribution in [-0.2, 0) is 13.6 Å². The Morgan fingerprint density at radius 2 is 2.06 bits per heavy atom. The molecule has 0 radical (unpaired) electrons. The van der Waals surface area contributed by atoms with Crippen molar-refractivity contribution in [3.63, 3.8) is 0 Å². The highest BCUT2D eigenvalue weighted by Gasteiger charge is 2.29. The van der Waals surface area contributed by atoms with Crippen molar-refractivity contribution in [2.45, 2.75) is 43.9 Å². The maximum Gasteiger partial charge on any atom is 0.270 e. The molecule has 2 atom stereocenters. The largest absolute Gasteiger partial charge is 0.486 e. The first-order valence-corrected chi connectivity index (χ1v) is 12.1. The molecular formula is C24H27FN5O3P. The van der Waals surface area contributed by atoms with Crippen molar-refractivity contribution in [2.75, 3.05) is 13.1 Å². The molecule has 3 aromatic heterocycles. The van der Waals surface area contributed by atoms with Crippen LogP contribution in [0.4, 0.5) is 4.39 Å². The molecule has 1 amide bonds. The van der Waals surface area contributed by atoms with Crippen molar-refractivity contribution in [1.29, 1.82) is 0 Å². The lowest BCUT2D eigenvalue weighted by Crippen LogP contribution is -2.53. The summed E-state index contributed by atoms with van der Waals surface area (Å²) in [7, 11) is 3.64. The topological polar surface area (TPSA) is 89.4 Å². The van der Waals surface area contributed by atoms with Crippen LogP contribution in [0.3, 0.4) is 0 Å². The number of pyridine rings is 3. The summed E-state index contributed by atoms with van der Waals surface area (Å²) >= 11 is 0. The van der Waals surface area contributed by atoms with Crippen LogP contribution in [0.1, 0.15) is 46.8 Å². The van der Waals surface area contributed by atoms with E-state index in [-0.39, 0.29) is 29.2 Å². The molecule has 5 rings (SSSR count). The molecule has 1 saturated heterocycles. The molecule has 34 heavy (non-hydrogen) atoms. The Hall–Kier alpha value is -2.90. The Balaban J connectivity index is 1.16. The zero-order valence-corrected chi connectivity index (χ0v) is 20.1. The van der Waals surface area contributed by atoms with Gasteiger partial charge in [0.05, 0.1) is 22.8 Å². The highest BCUT2D eigenvalue weighted by molar-refractivity contribution is 7.16. The Kier molecular flexibility index (Phi) is 6.32. The molecule has 1 aliphatic carbocycles. The first kappa shape index (κ1) is 22.9. The van der Waals surface area contributed by atoms with Crippen molar-refractivity contribution < 1.29 is 13.9 Å². The van der Waals surface area contributed by atoms with Crippen LogP contribution >= 0.6 is 9.24 Å². The van der Waals surface area contributed by atoms with Gasteiger partial charge in [-0.25, -0.2) is 9.37 Å². The van der Waals surface area contributed by atoms with E-state index in [1.54, 1.807) is 31.6 Å². The number of carbonyl (C=O) groups is 1.